The molecule has 0 spiro atoms. The van der Waals surface area contributed by atoms with E-state index in [0.29, 0.717) is 11.4 Å². The summed E-state index contributed by atoms with van der Waals surface area (Å²) >= 11 is 0. The van der Waals surface area contributed by atoms with Gasteiger partial charge in [-0.3, -0.25) is 0 Å². The maximum atomic E-state index is 5.21. The van der Waals surface area contributed by atoms with Crippen LogP contribution in [-0.2, 0) is 0 Å². The van der Waals surface area contributed by atoms with Gasteiger partial charge >= 0.3 is 0 Å². The second-order valence-electron chi connectivity index (χ2n) is 4.74. The number of rotatable bonds is 3. The topological polar surface area (TPSA) is 54.5 Å². The average Bonchev–Trinajstić information content (AvgIpc) is 2.74. The van der Waals surface area contributed by atoms with E-state index in [1.807, 2.05) is 31.1 Å². The molecule has 2 rings (SSSR count). The molecule has 0 atom stereocenters. The summed E-state index contributed by atoms with van der Waals surface area (Å²) in [6.07, 6.45) is 1.59. The van der Waals surface area contributed by atoms with Crippen molar-refractivity contribution in [3.05, 3.63) is 41.8 Å². The molecule has 2 aromatic heterocycles. The minimum absolute atomic E-state index is 0.233. The highest BCUT2D eigenvalue weighted by Gasteiger charge is 2.05. The normalized spacial score (nSPS) is 11.9. The van der Waals surface area contributed by atoms with E-state index in [9.17, 15) is 0 Å². The first-order valence-electron chi connectivity index (χ1n) is 6.21. The number of nitrogens with zero attached hydrogens (tertiary/aromatic N) is 4. The second kappa shape index (κ2) is 5.65. The number of furan rings is 1. The summed E-state index contributed by atoms with van der Waals surface area (Å²) in [5.41, 5.74) is 0.597. The Balaban J connectivity index is 2.58. The highest BCUT2D eigenvalue weighted by Crippen LogP contribution is 2.12. The number of anilines is 1. The maximum absolute atomic E-state index is 5.21. The Morgan fingerprint density at radius 1 is 1.16 bits per heavy atom. The van der Waals surface area contributed by atoms with E-state index < -0.39 is 0 Å². The van der Waals surface area contributed by atoms with E-state index >= 15 is 0 Å². The van der Waals surface area contributed by atoms with Crippen molar-refractivity contribution in [2.45, 2.75) is 19.8 Å². The summed E-state index contributed by atoms with van der Waals surface area (Å²) in [5.74, 6) is 2.40. The molecule has 2 aromatic rings. The van der Waals surface area contributed by atoms with Crippen LogP contribution in [0.1, 0.15) is 25.6 Å². The van der Waals surface area contributed by atoms with E-state index in [1.165, 1.54) is 0 Å². The average molecular weight is 258 g/mol. The predicted molar refractivity (Wildman–Crippen MR) is 74.4 cm³/mol. The Kier molecular flexibility index (Phi) is 3.94. The van der Waals surface area contributed by atoms with Crippen LogP contribution in [0.15, 0.2) is 39.9 Å². The molecule has 0 aromatic carbocycles. The van der Waals surface area contributed by atoms with Gasteiger partial charge in [-0.15, -0.1) is 0 Å². The fraction of sp³-hybridized carbons (Fsp3) is 0.357. The first kappa shape index (κ1) is 13.3. The Labute approximate surface area is 112 Å². The van der Waals surface area contributed by atoms with E-state index in [4.69, 9.17) is 4.42 Å². The van der Waals surface area contributed by atoms with Crippen molar-refractivity contribution in [3.63, 3.8) is 0 Å². The molecule has 0 radical (unpaired) electrons. The summed E-state index contributed by atoms with van der Waals surface area (Å²) in [6.45, 7) is 4.12. The quantitative estimate of drug-likeness (QED) is 0.848. The van der Waals surface area contributed by atoms with Gasteiger partial charge in [-0.2, -0.15) is 4.99 Å². The van der Waals surface area contributed by atoms with Crippen LogP contribution in [-0.4, -0.2) is 24.1 Å². The van der Waals surface area contributed by atoms with E-state index in [0.717, 1.165) is 11.6 Å². The van der Waals surface area contributed by atoms with Gasteiger partial charge in [-0.25, -0.2) is 9.97 Å². The van der Waals surface area contributed by atoms with Gasteiger partial charge in [0, 0.05) is 26.1 Å². The third-order valence-corrected chi connectivity index (χ3v) is 2.55. The molecule has 0 saturated carbocycles. The molecule has 100 valence electrons. The Bertz CT molecular complexity index is 603. The lowest BCUT2D eigenvalue weighted by Gasteiger charge is -2.09. The summed E-state index contributed by atoms with van der Waals surface area (Å²) in [5, 5.41) is 0. The monoisotopic (exact) mass is 258 g/mol. The zero-order valence-corrected chi connectivity index (χ0v) is 11.7. The van der Waals surface area contributed by atoms with Crippen LogP contribution in [0.2, 0.25) is 0 Å². The lowest BCUT2D eigenvalue weighted by atomic mass is 10.2. The zero-order valence-electron chi connectivity index (χ0n) is 11.7. The third-order valence-electron chi connectivity index (χ3n) is 2.55. The molecule has 0 aliphatic carbocycles. The first-order chi connectivity index (χ1) is 9.06. The molecule has 0 unspecified atom stereocenters. The predicted octanol–water partition coefficient (Wildman–Crippen LogP) is 2.49. The smallest absolute Gasteiger partial charge is 0.220 e. The van der Waals surface area contributed by atoms with Crippen molar-refractivity contribution in [2.24, 2.45) is 4.99 Å². The fourth-order valence-corrected chi connectivity index (χ4v) is 1.50. The number of hydrogen-bond donors (Lipinski definition) is 0. The molecule has 0 fully saturated rings. The summed E-state index contributed by atoms with van der Waals surface area (Å²) in [7, 11) is 3.91. The van der Waals surface area contributed by atoms with Gasteiger partial charge in [-0.1, -0.05) is 13.8 Å². The van der Waals surface area contributed by atoms with Gasteiger partial charge in [0.15, 0.2) is 5.49 Å². The van der Waals surface area contributed by atoms with Crippen molar-refractivity contribution < 1.29 is 4.42 Å². The lowest BCUT2D eigenvalue weighted by molar-refractivity contribution is 0.574. The van der Waals surface area contributed by atoms with E-state index in [1.54, 1.807) is 18.4 Å². The molecular weight excluding hydrogens is 240 g/mol. The Morgan fingerprint density at radius 2 is 1.95 bits per heavy atom. The van der Waals surface area contributed by atoms with Crippen LogP contribution < -0.4 is 10.4 Å². The molecular formula is C14H18N4O. The molecule has 0 amide bonds. The van der Waals surface area contributed by atoms with Crippen molar-refractivity contribution >= 4 is 11.7 Å². The highest BCUT2D eigenvalue weighted by molar-refractivity contribution is 5.35. The van der Waals surface area contributed by atoms with Crippen molar-refractivity contribution in [1.82, 2.24) is 9.97 Å². The van der Waals surface area contributed by atoms with Gasteiger partial charge < -0.3 is 9.32 Å². The van der Waals surface area contributed by atoms with Crippen LogP contribution in [0.4, 0.5) is 11.7 Å². The van der Waals surface area contributed by atoms with Gasteiger partial charge in [-0.05, 0) is 18.2 Å². The molecule has 2 heterocycles. The minimum atomic E-state index is 0.233. The zero-order chi connectivity index (χ0) is 13.8. The van der Waals surface area contributed by atoms with Crippen LogP contribution in [0.3, 0.4) is 0 Å². The van der Waals surface area contributed by atoms with Crippen LogP contribution in [0, 0.1) is 0 Å². The van der Waals surface area contributed by atoms with E-state index in [-0.39, 0.29) is 5.92 Å². The minimum Gasteiger partial charge on any atom is -0.447 e. The van der Waals surface area contributed by atoms with Crippen molar-refractivity contribution in [3.8, 4) is 0 Å². The van der Waals surface area contributed by atoms with Crippen LogP contribution in [0.5, 0.6) is 0 Å². The largest absolute Gasteiger partial charge is 0.447 e. The van der Waals surface area contributed by atoms with Crippen LogP contribution >= 0.6 is 0 Å². The summed E-state index contributed by atoms with van der Waals surface area (Å²) in [6, 6.07) is 7.34. The molecule has 0 aliphatic rings. The molecule has 5 heteroatoms. The summed E-state index contributed by atoms with van der Waals surface area (Å²) < 4.78 is 5.21. The molecule has 0 saturated heterocycles. The second-order valence-corrected chi connectivity index (χ2v) is 4.74. The molecule has 19 heavy (non-hydrogen) atoms. The highest BCUT2D eigenvalue weighted by atomic mass is 16.3. The van der Waals surface area contributed by atoms with Gasteiger partial charge in [0.25, 0.3) is 0 Å². The SMILES string of the molecule is CC(C)c1nc(N(C)C)ccc(=Nc2ccco2)n1. The van der Waals surface area contributed by atoms with E-state index in [2.05, 4.69) is 28.8 Å². The molecule has 0 aliphatic heterocycles. The van der Waals surface area contributed by atoms with Crippen molar-refractivity contribution in [1.29, 1.82) is 0 Å². The Morgan fingerprint density at radius 3 is 2.53 bits per heavy atom. The van der Waals surface area contributed by atoms with Crippen molar-refractivity contribution in [2.75, 3.05) is 19.0 Å². The lowest BCUT2D eigenvalue weighted by Crippen LogP contribution is -2.11. The van der Waals surface area contributed by atoms with Gasteiger partial charge in [0.05, 0.1) is 6.26 Å². The standard InChI is InChI=1S/C14H18N4O/c1-10(2)14-16-11(15-13-6-5-9-19-13)7-8-12(17-14)18(3)4/h5-10H,1-4H3. The molecule has 0 N–H and O–H groups in total. The maximum Gasteiger partial charge on any atom is 0.220 e. The molecule has 5 nitrogen and oxygen atoms in total. The summed E-state index contributed by atoms with van der Waals surface area (Å²) in [4.78, 5) is 15.3. The van der Waals surface area contributed by atoms with Gasteiger partial charge in [0.2, 0.25) is 5.88 Å². The number of hydrogen-bond acceptors (Lipinski definition) is 5. The van der Waals surface area contributed by atoms with Gasteiger partial charge in [0.1, 0.15) is 11.6 Å². The number of aromatic nitrogens is 2. The fourth-order valence-electron chi connectivity index (χ4n) is 1.50. The first-order valence-corrected chi connectivity index (χ1v) is 6.21. The molecule has 0 bridgehead atoms. The van der Waals surface area contributed by atoms with Crippen LogP contribution in [0.25, 0.3) is 0 Å². The Hall–Kier alpha value is -2.17. The third kappa shape index (κ3) is 3.40.